The van der Waals surface area contributed by atoms with Crippen molar-refractivity contribution in [3.8, 4) is 0 Å². The van der Waals surface area contributed by atoms with Crippen LogP contribution in [0.2, 0.25) is 0 Å². The van der Waals surface area contributed by atoms with Gasteiger partial charge in [0.2, 0.25) is 0 Å². The molecule has 5 heteroatoms. The summed E-state index contributed by atoms with van der Waals surface area (Å²) < 4.78 is 6.32. The first-order valence-electron chi connectivity index (χ1n) is 8.52. The highest BCUT2D eigenvalue weighted by Gasteiger charge is 2.33. The Labute approximate surface area is 143 Å². The number of likely N-dealkylation sites (N-methyl/N-ethyl adjacent to an activating group) is 1. The Balaban J connectivity index is 2.31. The average Bonchev–Trinajstić information content (AvgIpc) is 3.03. The molecule has 4 nitrogen and oxygen atoms in total. The Morgan fingerprint density at radius 1 is 1.43 bits per heavy atom. The molecule has 1 heterocycles. The number of carbonyl (C=O) groups excluding carboxylic acids is 1. The topological polar surface area (TPSA) is 64.3 Å². The monoisotopic (exact) mass is 336 g/mol. The highest BCUT2D eigenvalue weighted by Crippen LogP contribution is 2.32. The lowest BCUT2D eigenvalue weighted by Gasteiger charge is -2.37. The van der Waals surface area contributed by atoms with Gasteiger partial charge in [0.05, 0.1) is 23.1 Å². The molecule has 0 saturated heterocycles. The van der Waals surface area contributed by atoms with Crippen LogP contribution in [0.5, 0.6) is 0 Å². The molecule has 1 aromatic heterocycles. The van der Waals surface area contributed by atoms with Crippen molar-refractivity contribution in [3.63, 3.8) is 0 Å². The number of hydrogen-bond acceptors (Lipinski definition) is 5. The number of nitrogens with one attached hydrogen (secondary N) is 1. The third-order valence-corrected chi connectivity index (χ3v) is 5.33. The number of aldehydes is 1. The third kappa shape index (κ3) is 4.29. The van der Waals surface area contributed by atoms with E-state index in [9.17, 15) is 4.79 Å². The van der Waals surface area contributed by atoms with Crippen LogP contribution in [-0.2, 0) is 4.74 Å². The second-order valence-corrected chi connectivity index (χ2v) is 6.95. The fraction of sp³-hybridized carbons (Fsp3) is 0.611. The van der Waals surface area contributed by atoms with E-state index in [1.54, 1.807) is 0 Å². The van der Waals surface area contributed by atoms with Gasteiger partial charge in [0.15, 0.2) is 6.29 Å². The second-order valence-electron chi connectivity index (χ2n) is 6.00. The van der Waals surface area contributed by atoms with Crippen molar-refractivity contribution in [1.82, 2.24) is 5.32 Å². The summed E-state index contributed by atoms with van der Waals surface area (Å²) in [5, 5.41) is 5.43. The molecule has 0 bridgehead atoms. The standard InChI is InChI=1S/C18H28N2O2S/c1-4-13(5-2)22-16-10-12(9-15(19)18(16)20-6-3)14-7-8-23-17(14)11-21/h7-8,10-11,13,15-16,18,20H,4-6,9,19H2,1-3H3/t15-,16+,18+/m0/s1. The van der Waals surface area contributed by atoms with Crippen molar-refractivity contribution in [2.24, 2.45) is 5.73 Å². The van der Waals surface area contributed by atoms with Crippen LogP contribution in [0, 0.1) is 0 Å². The van der Waals surface area contributed by atoms with Gasteiger partial charge in [0, 0.05) is 6.04 Å². The first kappa shape index (κ1) is 18.3. The van der Waals surface area contributed by atoms with Gasteiger partial charge in [-0.2, -0.15) is 0 Å². The molecular formula is C18H28N2O2S. The molecule has 0 aromatic carbocycles. The van der Waals surface area contributed by atoms with E-state index in [4.69, 9.17) is 10.5 Å². The number of ether oxygens (including phenoxy) is 1. The lowest BCUT2D eigenvalue weighted by molar-refractivity contribution is -0.0149. The van der Waals surface area contributed by atoms with Gasteiger partial charge < -0.3 is 15.8 Å². The molecule has 0 spiro atoms. The quantitative estimate of drug-likeness (QED) is 0.716. The first-order valence-corrected chi connectivity index (χ1v) is 9.40. The maximum absolute atomic E-state index is 11.2. The first-order chi connectivity index (χ1) is 11.1. The number of hydrogen-bond donors (Lipinski definition) is 2. The lowest BCUT2D eigenvalue weighted by Crippen LogP contribution is -2.55. The zero-order chi connectivity index (χ0) is 16.8. The smallest absolute Gasteiger partial charge is 0.160 e. The maximum atomic E-state index is 11.2. The number of thiophene rings is 1. The van der Waals surface area contributed by atoms with Crippen LogP contribution in [0.3, 0.4) is 0 Å². The van der Waals surface area contributed by atoms with Crippen molar-refractivity contribution in [2.75, 3.05) is 6.54 Å². The summed E-state index contributed by atoms with van der Waals surface area (Å²) in [6, 6.07) is 2.10. The highest BCUT2D eigenvalue weighted by molar-refractivity contribution is 7.12. The summed E-state index contributed by atoms with van der Waals surface area (Å²) in [5.41, 5.74) is 8.57. The van der Waals surface area contributed by atoms with E-state index in [-0.39, 0.29) is 24.3 Å². The molecule has 3 atom stereocenters. The van der Waals surface area contributed by atoms with Crippen molar-refractivity contribution in [3.05, 3.63) is 28.0 Å². The summed E-state index contributed by atoms with van der Waals surface area (Å²) in [5.74, 6) is 0. The Hall–Kier alpha value is -1.01. The summed E-state index contributed by atoms with van der Waals surface area (Å²) in [6.07, 6.45) is 6.02. The van der Waals surface area contributed by atoms with Gasteiger partial charge >= 0.3 is 0 Å². The van der Waals surface area contributed by atoms with Crippen LogP contribution in [0.15, 0.2) is 17.5 Å². The predicted molar refractivity (Wildman–Crippen MR) is 97.0 cm³/mol. The molecule has 0 unspecified atom stereocenters. The third-order valence-electron chi connectivity index (χ3n) is 4.48. The minimum atomic E-state index is -0.0574. The number of carbonyl (C=O) groups is 1. The minimum absolute atomic E-state index is 0.0197. The van der Waals surface area contributed by atoms with E-state index in [0.717, 1.165) is 48.1 Å². The molecule has 128 valence electrons. The summed E-state index contributed by atoms with van der Waals surface area (Å²) in [6.45, 7) is 7.24. The van der Waals surface area contributed by atoms with E-state index >= 15 is 0 Å². The molecule has 0 aliphatic heterocycles. The van der Waals surface area contributed by atoms with E-state index in [1.807, 2.05) is 11.4 Å². The largest absolute Gasteiger partial charge is 0.369 e. The highest BCUT2D eigenvalue weighted by atomic mass is 32.1. The van der Waals surface area contributed by atoms with Crippen LogP contribution in [0.1, 0.15) is 55.3 Å². The Kier molecular flexibility index (Phi) is 6.96. The average molecular weight is 337 g/mol. The Morgan fingerprint density at radius 3 is 2.78 bits per heavy atom. The van der Waals surface area contributed by atoms with Gasteiger partial charge in [0.25, 0.3) is 0 Å². The van der Waals surface area contributed by atoms with Crippen molar-refractivity contribution in [1.29, 1.82) is 0 Å². The van der Waals surface area contributed by atoms with Gasteiger partial charge in [0.1, 0.15) is 0 Å². The Bertz CT molecular complexity index is 537. The summed E-state index contributed by atoms with van der Waals surface area (Å²) in [7, 11) is 0. The Morgan fingerprint density at radius 2 is 2.17 bits per heavy atom. The van der Waals surface area contributed by atoms with Crippen LogP contribution < -0.4 is 11.1 Å². The van der Waals surface area contributed by atoms with Gasteiger partial charge in [-0.3, -0.25) is 4.79 Å². The zero-order valence-electron chi connectivity index (χ0n) is 14.2. The van der Waals surface area contributed by atoms with E-state index in [0.29, 0.717) is 0 Å². The predicted octanol–water partition coefficient (Wildman–Crippen LogP) is 3.23. The molecule has 2 rings (SSSR count). The van der Waals surface area contributed by atoms with E-state index in [1.165, 1.54) is 11.3 Å². The molecule has 3 N–H and O–H groups in total. The molecule has 1 aromatic rings. The minimum Gasteiger partial charge on any atom is -0.369 e. The number of nitrogens with two attached hydrogens (primary N) is 1. The SMILES string of the molecule is CCN[C@@H]1[C@@H](N)CC(c2ccsc2C=O)=C[C@H]1OC(CC)CC. The molecule has 0 amide bonds. The van der Waals surface area contributed by atoms with Crippen LogP contribution in [0.25, 0.3) is 5.57 Å². The van der Waals surface area contributed by atoms with Gasteiger partial charge in [-0.15, -0.1) is 11.3 Å². The van der Waals surface area contributed by atoms with E-state index in [2.05, 4.69) is 32.2 Å². The molecule has 0 fully saturated rings. The molecule has 1 aliphatic carbocycles. The molecule has 0 saturated carbocycles. The van der Waals surface area contributed by atoms with Crippen molar-refractivity contribution >= 4 is 23.2 Å². The van der Waals surface area contributed by atoms with Crippen molar-refractivity contribution < 1.29 is 9.53 Å². The zero-order valence-corrected chi connectivity index (χ0v) is 15.1. The van der Waals surface area contributed by atoms with Crippen LogP contribution in [-0.4, -0.2) is 37.1 Å². The fourth-order valence-electron chi connectivity index (χ4n) is 3.20. The number of rotatable bonds is 8. The van der Waals surface area contributed by atoms with Gasteiger partial charge in [-0.05, 0) is 48.4 Å². The fourth-order valence-corrected chi connectivity index (χ4v) is 3.93. The van der Waals surface area contributed by atoms with Gasteiger partial charge in [-0.25, -0.2) is 0 Å². The molecular weight excluding hydrogens is 308 g/mol. The normalized spacial score (nSPS) is 24.7. The van der Waals surface area contributed by atoms with Crippen LogP contribution >= 0.6 is 11.3 Å². The second kappa shape index (κ2) is 8.73. The van der Waals surface area contributed by atoms with Crippen molar-refractivity contribution in [2.45, 2.75) is 64.3 Å². The molecule has 0 radical (unpaired) electrons. The maximum Gasteiger partial charge on any atom is 0.160 e. The summed E-state index contributed by atoms with van der Waals surface area (Å²) >= 11 is 1.47. The molecule has 23 heavy (non-hydrogen) atoms. The summed E-state index contributed by atoms with van der Waals surface area (Å²) in [4.78, 5) is 12.0. The van der Waals surface area contributed by atoms with Gasteiger partial charge in [-0.1, -0.05) is 26.8 Å². The van der Waals surface area contributed by atoms with E-state index < -0.39 is 0 Å². The lowest BCUT2D eigenvalue weighted by atomic mass is 9.85. The molecule has 1 aliphatic rings. The van der Waals surface area contributed by atoms with Crippen LogP contribution in [0.4, 0.5) is 0 Å².